The highest BCUT2D eigenvalue weighted by atomic mass is 16.5. The zero-order valence-electron chi connectivity index (χ0n) is 19.7. The molecule has 2 bridgehead atoms. The molecule has 1 unspecified atom stereocenters. The number of para-hydroxylation sites is 1. The van der Waals surface area contributed by atoms with E-state index in [2.05, 4.69) is 42.2 Å². The van der Waals surface area contributed by atoms with Gasteiger partial charge in [-0.25, -0.2) is 5.10 Å². The highest BCUT2D eigenvalue weighted by molar-refractivity contribution is 5.88. The lowest BCUT2D eigenvalue weighted by Gasteiger charge is -2.63. The number of fused-ring (bicyclic) bond motifs is 4. The number of aromatic amines is 1. The van der Waals surface area contributed by atoms with E-state index in [4.69, 9.17) is 4.74 Å². The standard InChI is InChI=1S/C27H26N6O3/c34-19-8-7-15-11-20-27(35)12-17-16-3-1-2-4-18(16)33(25-28-30-31-29-25)22(17)24-26(27,21(15)23(19)36-24)9-10-32(20)13-14-5-6-14/h1-4,7-8,14,20,24,34-35H,5-6,9-13H2,(H,28,29,30,31)/t20?,24-,26-,27+/m0/s1. The van der Waals surface area contributed by atoms with Gasteiger partial charge in [-0.1, -0.05) is 29.4 Å². The van der Waals surface area contributed by atoms with Gasteiger partial charge in [-0.2, -0.15) is 0 Å². The number of benzene rings is 2. The van der Waals surface area contributed by atoms with E-state index in [1.54, 1.807) is 6.07 Å². The van der Waals surface area contributed by atoms with Crippen LogP contribution in [0.1, 0.15) is 47.8 Å². The molecule has 5 aliphatic rings. The lowest BCUT2D eigenvalue weighted by molar-refractivity contribution is -0.173. The first kappa shape index (κ1) is 19.7. The Morgan fingerprint density at radius 3 is 2.89 bits per heavy atom. The molecule has 3 N–H and O–H groups in total. The predicted molar refractivity (Wildman–Crippen MR) is 129 cm³/mol. The molecule has 1 saturated heterocycles. The summed E-state index contributed by atoms with van der Waals surface area (Å²) in [5, 5.41) is 39.9. The van der Waals surface area contributed by atoms with E-state index < -0.39 is 17.1 Å². The van der Waals surface area contributed by atoms with Gasteiger partial charge in [-0.05, 0) is 71.8 Å². The van der Waals surface area contributed by atoms with Gasteiger partial charge < -0.3 is 14.9 Å². The summed E-state index contributed by atoms with van der Waals surface area (Å²) in [6, 6.07) is 12.0. The van der Waals surface area contributed by atoms with Crippen molar-refractivity contribution in [2.45, 2.75) is 55.3 Å². The van der Waals surface area contributed by atoms with Crippen molar-refractivity contribution in [3.05, 3.63) is 58.8 Å². The van der Waals surface area contributed by atoms with Gasteiger partial charge in [-0.15, -0.1) is 0 Å². The Morgan fingerprint density at radius 2 is 2.06 bits per heavy atom. The van der Waals surface area contributed by atoms with Crippen LogP contribution in [0.4, 0.5) is 0 Å². The van der Waals surface area contributed by atoms with Crippen molar-refractivity contribution in [1.82, 2.24) is 30.1 Å². The fourth-order valence-corrected chi connectivity index (χ4v) is 8.19. The van der Waals surface area contributed by atoms with Gasteiger partial charge in [0.1, 0.15) is 0 Å². The van der Waals surface area contributed by atoms with Crippen LogP contribution in [0, 0.1) is 5.92 Å². The molecule has 3 aliphatic carbocycles. The number of rotatable bonds is 3. The van der Waals surface area contributed by atoms with Crippen LogP contribution >= 0.6 is 0 Å². The highest BCUT2D eigenvalue weighted by Crippen LogP contribution is 2.69. The molecule has 4 heterocycles. The van der Waals surface area contributed by atoms with Crippen LogP contribution in [-0.2, 0) is 18.3 Å². The number of aromatic hydroxyl groups is 1. The van der Waals surface area contributed by atoms with E-state index in [9.17, 15) is 10.2 Å². The van der Waals surface area contributed by atoms with Crippen LogP contribution in [0.5, 0.6) is 11.5 Å². The van der Waals surface area contributed by atoms with Crippen LogP contribution in [0.2, 0.25) is 0 Å². The Kier molecular flexibility index (Phi) is 3.44. The molecule has 0 radical (unpaired) electrons. The van der Waals surface area contributed by atoms with E-state index in [0.717, 1.165) is 59.6 Å². The highest BCUT2D eigenvalue weighted by Gasteiger charge is 2.73. The number of aromatic nitrogens is 5. The predicted octanol–water partition coefficient (Wildman–Crippen LogP) is 2.55. The summed E-state index contributed by atoms with van der Waals surface area (Å²) in [6.07, 6.45) is 4.18. The van der Waals surface area contributed by atoms with Gasteiger partial charge in [-0.3, -0.25) is 9.47 Å². The number of nitrogens with zero attached hydrogens (tertiary/aromatic N) is 5. The van der Waals surface area contributed by atoms with Gasteiger partial charge in [0.25, 0.3) is 5.95 Å². The Balaban J connectivity index is 1.37. The Labute approximate surface area is 206 Å². The van der Waals surface area contributed by atoms with Crippen molar-refractivity contribution in [3.8, 4) is 17.4 Å². The molecule has 4 aromatic rings. The molecule has 2 aromatic heterocycles. The Morgan fingerprint density at radius 1 is 1.17 bits per heavy atom. The van der Waals surface area contributed by atoms with Gasteiger partial charge >= 0.3 is 0 Å². The van der Waals surface area contributed by atoms with Crippen molar-refractivity contribution in [2.24, 2.45) is 5.92 Å². The number of phenols is 1. The average molecular weight is 483 g/mol. The first-order valence-electron chi connectivity index (χ1n) is 12.9. The maximum absolute atomic E-state index is 13.0. The van der Waals surface area contributed by atoms with Crippen LogP contribution in [0.25, 0.3) is 16.9 Å². The zero-order valence-corrected chi connectivity index (χ0v) is 19.7. The maximum Gasteiger partial charge on any atom is 0.251 e. The molecule has 36 heavy (non-hydrogen) atoms. The molecule has 0 amide bonds. The summed E-state index contributed by atoms with van der Waals surface area (Å²) in [6.45, 7) is 1.96. The molecular formula is C27H26N6O3. The SMILES string of the molecule is Oc1ccc2c3c1O[C@H]1c4c(c5ccccc5n4-c4nnn[nH]4)C[C@@]4(O)C(C2)N(CC2CC2)CC[C@]314. The minimum absolute atomic E-state index is 0.00292. The molecule has 2 fully saturated rings. The normalized spacial score (nSPS) is 31.8. The third-order valence-corrected chi connectivity index (χ3v) is 9.77. The van der Waals surface area contributed by atoms with E-state index in [1.165, 1.54) is 18.4 Å². The molecule has 4 atom stereocenters. The number of ether oxygens (including phenoxy) is 1. The van der Waals surface area contributed by atoms with E-state index in [0.29, 0.717) is 18.1 Å². The smallest absolute Gasteiger partial charge is 0.251 e. The summed E-state index contributed by atoms with van der Waals surface area (Å²) in [5.74, 6) is 1.95. The van der Waals surface area contributed by atoms with Gasteiger partial charge in [0.2, 0.25) is 0 Å². The molecule has 9 rings (SSSR count). The molecule has 182 valence electrons. The first-order chi connectivity index (χ1) is 17.6. The van der Waals surface area contributed by atoms with Gasteiger partial charge in [0, 0.05) is 30.0 Å². The number of tetrazole rings is 1. The van der Waals surface area contributed by atoms with Crippen LogP contribution in [-0.4, -0.2) is 65.0 Å². The fraction of sp³-hybridized carbons (Fsp3) is 0.444. The van der Waals surface area contributed by atoms with E-state index in [-0.39, 0.29) is 11.8 Å². The number of aliphatic hydroxyl groups is 1. The third kappa shape index (κ3) is 2.11. The zero-order chi connectivity index (χ0) is 23.8. The number of piperidine rings is 1. The van der Waals surface area contributed by atoms with Crippen molar-refractivity contribution in [3.63, 3.8) is 0 Å². The van der Waals surface area contributed by atoms with Crippen LogP contribution < -0.4 is 4.74 Å². The number of hydrogen-bond acceptors (Lipinski definition) is 7. The minimum atomic E-state index is -1.02. The summed E-state index contributed by atoms with van der Waals surface area (Å²) in [4.78, 5) is 2.55. The molecule has 9 heteroatoms. The van der Waals surface area contributed by atoms with Gasteiger partial charge in [0.15, 0.2) is 17.6 Å². The minimum Gasteiger partial charge on any atom is -0.504 e. The molecule has 9 nitrogen and oxygen atoms in total. The van der Waals surface area contributed by atoms with E-state index in [1.807, 2.05) is 18.2 Å². The second kappa shape index (κ2) is 6.27. The van der Waals surface area contributed by atoms with Crippen molar-refractivity contribution in [2.75, 3.05) is 13.1 Å². The molecule has 2 aromatic carbocycles. The summed E-state index contributed by atoms with van der Waals surface area (Å²) < 4.78 is 8.83. The molecule has 1 spiro atoms. The lowest BCUT2D eigenvalue weighted by Crippen LogP contribution is -2.74. The number of phenolic OH excluding ortho intramolecular Hbond substituents is 1. The Hall–Kier alpha value is -3.43. The summed E-state index contributed by atoms with van der Waals surface area (Å²) in [7, 11) is 0. The number of likely N-dealkylation sites (tertiary alicyclic amines) is 1. The first-order valence-corrected chi connectivity index (χ1v) is 12.9. The molecular weight excluding hydrogens is 456 g/mol. The van der Waals surface area contributed by atoms with Crippen LogP contribution in [0.15, 0.2) is 36.4 Å². The second-order valence-corrected chi connectivity index (χ2v) is 11.4. The monoisotopic (exact) mass is 482 g/mol. The van der Waals surface area contributed by atoms with Crippen LogP contribution in [0.3, 0.4) is 0 Å². The lowest BCUT2D eigenvalue weighted by atomic mass is 9.49. The van der Waals surface area contributed by atoms with Crippen molar-refractivity contribution < 1.29 is 14.9 Å². The quantitative estimate of drug-likeness (QED) is 0.411. The second-order valence-electron chi connectivity index (χ2n) is 11.4. The van der Waals surface area contributed by atoms with Crippen molar-refractivity contribution >= 4 is 10.9 Å². The van der Waals surface area contributed by atoms with E-state index >= 15 is 0 Å². The molecule has 2 aliphatic heterocycles. The summed E-state index contributed by atoms with van der Waals surface area (Å²) in [5.41, 5.74) is 3.57. The van der Waals surface area contributed by atoms with Crippen molar-refractivity contribution in [1.29, 1.82) is 0 Å². The average Bonchev–Trinajstić information content (AvgIpc) is 3.26. The number of H-pyrrole nitrogens is 1. The molecule has 1 saturated carbocycles. The number of hydrogen-bond donors (Lipinski definition) is 3. The maximum atomic E-state index is 13.0. The Bertz CT molecular complexity index is 1580. The topological polar surface area (TPSA) is 112 Å². The largest absolute Gasteiger partial charge is 0.504 e. The third-order valence-electron chi connectivity index (χ3n) is 9.77. The van der Waals surface area contributed by atoms with Gasteiger partial charge in [0.05, 0.1) is 22.2 Å². The number of nitrogens with one attached hydrogen (secondary N) is 1. The fourth-order valence-electron chi connectivity index (χ4n) is 8.19. The summed E-state index contributed by atoms with van der Waals surface area (Å²) >= 11 is 0.